The van der Waals surface area contributed by atoms with Crippen LogP contribution in [0.1, 0.15) is 19.8 Å². The van der Waals surface area contributed by atoms with E-state index < -0.39 is 0 Å². The number of fused-ring (bicyclic) bond motifs is 1. The molecule has 1 N–H and O–H groups in total. The maximum Gasteiger partial charge on any atom is 0.141 e. The van der Waals surface area contributed by atoms with Crippen LogP contribution in [0.5, 0.6) is 0 Å². The summed E-state index contributed by atoms with van der Waals surface area (Å²) in [5, 5.41) is 4.51. The number of aromatic nitrogens is 2. The maximum absolute atomic E-state index is 4.49. The third-order valence-corrected chi connectivity index (χ3v) is 5.60. The summed E-state index contributed by atoms with van der Waals surface area (Å²) in [5.41, 5.74) is 3.26. The van der Waals surface area contributed by atoms with E-state index in [2.05, 4.69) is 75.8 Å². The van der Waals surface area contributed by atoms with Crippen LogP contribution in [0.25, 0.3) is 10.9 Å². The van der Waals surface area contributed by atoms with Crippen molar-refractivity contribution >= 4 is 39.9 Å². The van der Waals surface area contributed by atoms with Gasteiger partial charge >= 0.3 is 0 Å². The van der Waals surface area contributed by atoms with Crippen LogP contribution in [0.4, 0.5) is 17.2 Å². The van der Waals surface area contributed by atoms with Crippen molar-refractivity contribution in [3.63, 3.8) is 0 Å². The van der Waals surface area contributed by atoms with Gasteiger partial charge < -0.3 is 10.2 Å². The van der Waals surface area contributed by atoms with Crippen molar-refractivity contribution < 1.29 is 0 Å². The maximum atomic E-state index is 4.49. The molecule has 1 aliphatic heterocycles. The van der Waals surface area contributed by atoms with Gasteiger partial charge in [-0.05, 0) is 68.5 Å². The fraction of sp³-hybridized carbons (Fsp3) is 0.300. The van der Waals surface area contributed by atoms with E-state index in [9.17, 15) is 0 Å². The van der Waals surface area contributed by atoms with Crippen LogP contribution in [-0.2, 0) is 0 Å². The summed E-state index contributed by atoms with van der Waals surface area (Å²) in [7, 11) is 0. The first-order valence-corrected chi connectivity index (χ1v) is 9.89. The fourth-order valence-electron chi connectivity index (χ4n) is 3.45. The van der Waals surface area contributed by atoms with Crippen LogP contribution in [0.2, 0.25) is 0 Å². The van der Waals surface area contributed by atoms with Crippen molar-refractivity contribution in [1.29, 1.82) is 0 Å². The zero-order valence-corrected chi connectivity index (χ0v) is 15.4. The molecular weight excluding hydrogens is 328 g/mol. The number of hydrogen-bond acceptors (Lipinski definition) is 5. The van der Waals surface area contributed by atoms with Crippen LogP contribution in [-0.4, -0.2) is 28.8 Å². The topological polar surface area (TPSA) is 41.1 Å². The number of anilines is 3. The summed E-state index contributed by atoms with van der Waals surface area (Å²) < 4.78 is 0. The number of hydrogen-bond donors (Lipinski definition) is 1. The lowest BCUT2D eigenvalue weighted by molar-refractivity contribution is 0.735. The van der Waals surface area contributed by atoms with Gasteiger partial charge in [0.15, 0.2) is 0 Å². The second kappa shape index (κ2) is 6.92. The Bertz CT molecular complexity index is 879. The highest BCUT2D eigenvalue weighted by Crippen LogP contribution is 2.31. The normalized spacial score (nSPS) is 17.2. The van der Waals surface area contributed by atoms with Gasteiger partial charge in [-0.2, -0.15) is 0 Å². The number of benzene rings is 2. The summed E-state index contributed by atoms with van der Waals surface area (Å²) in [6.45, 7) is 3.42. The molecule has 1 aliphatic rings. The number of nitrogens with one attached hydrogen (secondary N) is 1. The Labute approximate surface area is 152 Å². The summed E-state index contributed by atoms with van der Waals surface area (Å²) in [4.78, 5) is 12.6. The molecule has 1 fully saturated rings. The van der Waals surface area contributed by atoms with Gasteiger partial charge in [0.05, 0.1) is 5.52 Å². The van der Waals surface area contributed by atoms with Crippen molar-refractivity contribution in [2.24, 2.45) is 0 Å². The molecule has 0 spiro atoms. The van der Waals surface area contributed by atoms with Crippen LogP contribution in [0, 0.1) is 0 Å². The van der Waals surface area contributed by atoms with E-state index in [1.807, 2.05) is 0 Å². The second-order valence-electron chi connectivity index (χ2n) is 6.46. The third-order valence-electron chi connectivity index (χ3n) is 4.86. The lowest BCUT2D eigenvalue weighted by atomic mass is 10.1. The van der Waals surface area contributed by atoms with Gasteiger partial charge in [0.25, 0.3) is 0 Å². The Kier molecular flexibility index (Phi) is 4.49. The van der Waals surface area contributed by atoms with Gasteiger partial charge in [-0.25, -0.2) is 9.97 Å². The Morgan fingerprint density at radius 3 is 2.68 bits per heavy atom. The lowest BCUT2D eigenvalue weighted by Gasteiger charge is -2.24. The van der Waals surface area contributed by atoms with Crippen LogP contribution >= 0.6 is 11.8 Å². The van der Waals surface area contributed by atoms with Crippen molar-refractivity contribution in [2.45, 2.75) is 30.7 Å². The minimum atomic E-state index is 0.595. The molecule has 0 saturated carbocycles. The first-order chi connectivity index (χ1) is 12.2. The van der Waals surface area contributed by atoms with Gasteiger partial charge in [0.1, 0.15) is 12.1 Å². The van der Waals surface area contributed by atoms with E-state index in [0.29, 0.717) is 6.04 Å². The molecule has 0 bridgehead atoms. The number of thioether (sulfide) groups is 1. The first kappa shape index (κ1) is 16.2. The van der Waals surface area contributed by atoms with E-state index in [0.717, 1.165) is 29.0 Å². The summed E-state index contributed by atoms with van der Waals surface area (Å²) >= 11 is 1.74. The predicted octanol–water partition coefficient (Wildman–Crippen LogP) is 5.08. The molecule has 2 aromatic carbocycles. The molecule has 4 nitrogen and oxygen atoms in total. The molecule has 0 aliphatic carbocycles. The molecular formula is C20H22N4S. The average Bonchev–Trinajstić information content (AvgIpc) is 3.08. The fourth-order valence-corrected chi connectivity index (χ4v) is 3.86. The predicted molar refractivity (Wildman–Crippen MR) is 107 cm³/mol. The highest BCUT2D eigenvalue weighted by Gasteiger charge is 2.21. The van der Waals surface area contributed by atoms with Gasteiger partial charge in [0.2, 0.25) is 0 Å². The molecule has 25 heavy (non-hydrogen) atoms. The van der Waals surface area contributed by atoms with Crippen LogP contribution < -0.4 is 10.2 Å². The van der Waals surface area contributed by atoms with Gasteiger partial charge in [-0.15, -0.1) is 11.8 Å². The third kappa shape index (κ3) is 3.29. The van der Waals surface area contributed by atoms with Gasteiger partial charge in [0, 0.05) is 34.2 Å². The highest BCUT2D eigenvalue weighted by atomic mass is 32.2. The SMILES string of the molecule is CSc1ccc(Nc2ncnc3ccc(N4CCCC4C)cc23)cc1. The van der Waals surface area contributed by atoms with Crippen LogP contribution in [0.15, 0.2) is 53.7 Å². The van der Waals surface area contributed by atoms with E-state index in [1.54, 1.807) is 18.1 Å². The van der Waals surface area contributed by atoms with E-state index in [-0.39, 0.29) is 0 Å². The van der Waals surface area contributed by atoms with Crippen molar-refractivity contribution in [3.8, 4) is 0 Å². The van der Waals surface area contributed by atoms with E-state index in [4.69, 9.17) is 0 Å². The average molecular weight is 350 g/mol. The largest absolute Gasteiger partial charge is 0.369 e. The van der Waals surface area contributed by atoms with Crippen LogP contribution in [0.3, 0.4) is 0 Å². The Morgan fingerprint density at radius 1 is 1.12 bits per heavy atom. The molecule has 5 heteroatoms. The molecule has 3 aromatic rings. The Hall–Kier alpha value is -2.27. The molecule has 1 aromatic heterocycles. The second-order valence-corrected chi connectivity index (χ2v) is 7.34. The summed E-state index contributed by atoms with van der Waals surface area (Å²) in [5.74, 6) is 0.857. The molecule has 0 radical (unpaired) electrons. The summed E-state index contributed by atoms with van der Waals surface area (Å²) in [6.07, 6.45) is 6.23. The number of nitrogens with zero attached hydrogens (tertiary/aromatic N) is 3. The lowest BCUT2D eigenvalue weighted by Crippen LogP contribution is -2.26. The molecule has 128 valence electrons. The Morgan fingerprint density at radius 2 is 1.96 bits per heavy atom. The standard InChI is InChI=1S/C20H22N4S/c1-14-4-3-11-24(14)16-7-10-19-18(12-16)20(22-13-21-19)23-15-5-8-17(25-2)9-6-15/h5-10,12-14H,3-4,11H2,1-2H3,(H,21,22,23). The minimum Gasteiger partial charge on any atom is -0.369 e. The number of rotatable bonds is 4. The Balaban J connectivity index is 1.69. The molecule has 1 unspecified atom stereocenters. The molecule has 1 saturated heterocycles. The first-order valence-electron chi connectivity index (χ1n) is 8.67. The smallest absolute Gasteiger partial charge is 0.141 e. The van der Waals surface area contributed by atoms with E-state index >= 15 is 0 Å². The van der Waals surface area contributed by atoms with Crippen molar-refractivity contribution in [3.05, 3.63) is 48.8 Å². The zero-order valence-electron chi connectivity index (χ0n) is 14.6. The quantitative estimate of drug-likeness (QED) is 0.664. The molecule has 2 heterocycles. The van der Waals surface area contributed by atoms with E-state index in [1.165, 1.54) is 23.4 Å². The molecule has 0 amide bonds. The van der Waals surface area contributed by atoms with Crippen molar-refractivity contribution in [1.82, 2.24) is 9.97 Å². The highest BCUT2D eigenvalue weighted by molar-refractivity contribution is 7.98. The summed E-state index contributed by atoms with van der Waals surface area (Å²) in [6, 6.07) is 15.5. The molecule has 1 atom stereocenters. The van der Waals surface area contributed by atoms with Gasteiger partial charge in [-0.1, -0.05) is 0 Å². The monoisotopic (exact) mass is 350 g/mol. The minimum absolute atomic E-state index is 0.595. The van der Waals surface area contributed by atoms with Gasteiger partial charge in [-0.3, -0.25) is 0 Å². The zero-order chi connectivity index (χ0) is 17.2. The molecule has 4 rings (SSSR count). The van der Waals surface area contributed by atoms with Crippen molar-refractivity contribution in [2.75, 3.05) is 23.0 Å².